The summed E-state index contributed by atoms with van der Waals surface area (Å²) in [5, 5.41) is 0. The summed E-state index contributed by atoms with van der Waals surface area (Å²) < 4.78 is 0. The Bertz CT molecular complexity index is 284. The molecule has 0 atom stereocenters. The smallest absolute Gasteiger partial charge is 0.0172 e. The van der Waals surface area contributed by atoms with E-state index in [0.29, 0.717) is 5.41 Å². The van der Waals surface area contributed by atoms with Crippen LogP contribution < -0.4 is 0 Å². The van der Waals surface area contributed by atoms with E-state index in [-0.39, 0.29) is 0 Å². The van der Waals surface area contributed by atoms with Crippen molar-refractivity contribution in [3.63, 3.8) is 0 Å². The lowest BCUT2D eigenvalue weighted by Crippen LogP contribution is -2.20. The molecule has 1 nitrogen and oxygen atoms in total. The molecule has 92 valence electrons. The molecular weight excluding hydrogens is 194 g/mol. The minimum Gasteiger partial charge on any atom is -0.378 e. The first-order chi connectivity index (χ1) is 7.53. The first-order valence-electron chi connectivity index (χ1n) is 6.60. The monoisotopic (exact) mass is 221 g/mol. The molecule has 1 aliphatic rings. The average Bonchev–Trinajstić information content (AvgIpc) is 2.30. The molecular formula is C15H27N. The normalized spacial score (nSPS) is 21.7. The van der Waals surface area contributed by atoms with E-state index < -0.39 is 0 Å². The van der Waals surface area contributed by atoms with Gasteiger partial charge >= 0.3 is 0 Å². The van der Waals surface area contributed by atoms with Crippen LogP contribution in [-0.4, -0.2) is 18.5 Å². The molecule has 0 amide bonds. The summed E-state index contributed by atoms with van der Waals surface area (Å²) in [6, 6.07) is 0. The zero-order chi connectivity index (χ0) is 12.2. The molecule has 0 spiro atoms. The van der Waals surface area contributed by atoms with Crippen LogP contribution in [0.2, 0.25) is 0 Å². The number of hydrogen-bond acceptors (Lipinski definition) is 1. The molecule has 0 aromatic rings. The van der Waals surface area contributed by atoms with Gasteiger partial charge in [0.05, 0.1) is 0 Å². The predicted octanol–water partition coefficient (Wildman–Crippen LogP) is 4.37. The summed E-state index contributed by atoms with van der Waals surface area (Å²) in [6.07, 6.45) is 9.55. The van der Waals surface area contributed by atoms with Crippen LogP contribution in [-0.2, 0) is 0 Å². The Labute approximate surface area is 101 Å². The summed E-state index contributed by atoms with van der Waals surface area (Å²) in [5.41, 5.74) is 3.45. The third-order valence-electron chi connectivity index (χ3n) is 3.62. The van der Waals surface area contributed by atoms with E-state index in [0.717, 1.165) is 0 Å². The second-order valence-corrected chi connectivity index (χ2v) is 5.52. The van der Waals surface area contributed by atoms with Crippen molar-refractivity contribution in [2.75, 3.05) is 13.6 Å². The van der Waals surface area contributed by atoms with Crippen LogP contribution in [0.25, 0.3) is 0 Å². The molecule has 1 heterocycles. The third-order valence-corrected chi connectivity index (χ3v) is 3.62. The van der Waals surface area contributed by atoms with Gasteiger partial charge in [0.2, 0.25) is 0 Å². The van der Waals surface area contributed by atoms with E-state index in [2.05, 4.69) is 51.8 Å². The Morgan fingerprint density at radius 2 is 2.06 bits per heavy atom. The minimum atomic E-state index is 0.335. The zero-order valence-electron chi connectivity index (χ0n) is 11.6. The van der Waals surface area contributed by atoms with Crippen molar-refractivity contribution in [2.45, 2.75) is 53.4 Å². The van der Waals surface area contributed by atoms with Crippen LogP contribution in [0.4, 0.5) is 0 Å². The van der Waals surface area contributed by atoms with Crippen LogP contribution in [0.1, 0.15) is 53.4 Å². The molecule has 0 N–H and O–H groups in total. The van der Waals surface area contributed by atoms with Crippen LogP contribution in [0, 0.1) is 5.41 Å². The van der Waals surface area contributed by atoms with E-state index in [9.17, 15) is 0 Å². The lowest BCUT2D eigenvalue weighted by Gasteiger charge is -2.28. The summed E-state index contributed by atoms with van der Waals surface area (Å²) in [5.74, 6) is 0. The molecule has 1 rings (SSSR count). The summed E-state index contributed by atoms with van der Waals surface area (Å²) in [7, 11) is 2.25. The molecule has 0 aromatic carbocycles. The summed E-state index contributed by atoms with van der Waals surface area (Å²) in [6.45, 7) is 10.4. The van der Waals surface area contributed by atoms with E-state index in [4.69, 9.17) is 0 Å². The van der Waals surface area contributed by atoms with E-state index >= 15 is 0 Å². The van der Waals surface area contributed by atoms with Crippen LogP contribution in [0.15, 0.2) is 23.4 Å². The second kappa shape index (κ2) is 5.56. The third kappa shape index (κ3) is 2.90. The first-order valence-corrected chi connectivity index (χ1v) is 6.60. The van der Waals surface area contributed by atoms with Gasteiger partial charge in [0, 0.05) is 19.3 Å². The molecule has 1 heteroatoms. The van der Waals surface area contributed by atoms with Crippen molar-refractivity contribution in [2.24, 2.45) is 5.41 Å². The maximum absolute atomic E-state index is 2.47. The van der Waals surface area contributed by atoms with Crippen LogP contribution in [0.5, 0.6) is 0 Å². The van der Waals surface area contributed by atoms with Gasteiger partial charge in [-0.05, 0) is 37.2 Å². The van der Waals surface area contributed by atoms with Gasteiger partial charge in [-0.25, -0.2) is 0 Å². The lowest BCUT2D eigenvalue weighted by atomic mass is 9.79. The topological polar surface area (TPSA) is 3.24 Å². The van der Waals surface area contributed by atoms with Gasteiger partial charge in [-0.1, -0.05) is 39.3 Å². The Hall–Kier alpha value is -0.720. The van der Waals surface area contributed by atoms with Gasteiger partial charge in [0.1, 0.15) is 0 Å². The fraction of sp³-hybridized carbons (Fsp3) is 0.733. The number of hydrogen-bond donors (Lipinski definition) is 0. The second-order valence-electron chi connectivity index (χ2n) is 5.52. The van der Waals surface area contributed by atoms with Gasteiger partial charge in [-0.15, -0.1) is 0 Å². The standard InChI is InChI=1S/C15H27N/c1-6-9-13-14(10-7-2)16(5)12-8-11-15(13,3)4/h6,9H,7-8,10-12H2,1-5H3/b9-6-. The molecule has 0 fully saturated rings. The first kappa shape index (κ1) is 13.3. The average molecular weight is 221 g/mol. The highest BCUT2D eigenvalue weighted by Gasteiger charge is 2.28. The maximum atomic E-state index is 2.47. The van der Waals surface area contributed by atoms with Crippen molar-refractivity contribution in [1.82, 2.24) is 4.90 Å². The molecule has 16 heavy (non-hydrogen) atoms. The lowest BCUT2D eigenvalue weighted by molar-refractivity contribution is 0.381. The Balaban J connectivity index is 3.18. The Morgan fingerprint density at radius 3 is 2.62 bits per heavy atom. The van der Waals surface area contributed by atoms with Crippen molar-refractivity contribution in [3.8, 4) is 0 Å². The molecule has 1 aliphatic heterocycles. The highest BCUT2D eigenvalue weighted by atomic mass is 15.1. The van der Waals surface area contributed by atoms with E-state index in [1.54, 1.807) is 11.3 Å². The number of nitrogens with zero attached hydrogens (tertiary/aromatic N) is 1. The van der Waals surface area contributed by atoms with Gasteiger partial charge in [-0.2, -0.15) is 0 Å². The molecule has 0 saturated carbocycles. The molecule has 0 bridgehead atoms. The van der Waals surface area contributed by atoms with Gasteiger partial charge in [0.25, 0.3) is 0 Å². The van der Waals surface area contributed by atoms with E-state index in [1.165, 1.54) is 32.2 Å². The van der Waals surface area contributed by atoms with Gasteiger partial charge in [0.15, 0.2) is 0 Å². The minimum absolute atomic E-state index is 0.335. The summed E-state index contributed by atoms with van der Waals surface area (Å²) >= 11 is 0. The fourth-order valence-corrected chi connectivity index (χ4v) is 2.67. The van der Waals surface area contributed by atoms with Crippen LogP contribution in [0.3, 0.4) is 0 Å². The van der Waals surface area contributed by atoms with Crippen molar-refractivity contribution >= 4 is 0 Å². The van der Waals surface area contributed by atoms with Crippen molar-refractivity contribution in [1.29, 1.82) is 0 Å². The van der Waals surface area contributed by atoms with Crippen LogP contribution >= 0.6 is 0 Å². The zero-order valence-corrected chi connectivity index (χ0v) is 11.6. The van der Waals surface area contributed by atoms with E-state index in [1.807, 2.05) is 0 Å². The van der Waals surface area contributed by atoms with Gasteiger partial charge < -0.3 is 4.90 Å². The molecule has 0 unspecified atom stereocenters. The number of allylic oxidation sites excluding steroid dienone is 4. The molecule has 0 radical (unpaired) electrons. The predicted molar refractivity (Wildman–Crippen MR) is 72.4 cm³/mol. The maximum Gasteiger partial charge on any atom is 0.0172 e. The SMILES string of the molecule is C/C=C\C1=C(CCC)N(C)CCCC1(C)C. The highest BCUT2D eigenvalue weighted by Crippen LogP contribution is 2.39. The molecule has 0 aromatic heterocycles. The summed E-state index contributed by atoms with van der Waals surface area (Å²) in [4.78, 5) is 2.47. The molecule has 0 aliphatic carbocycles. The number of rotatable bonds is 3. The Morgan fingerprint density at radius 1 is 1.38 bits per heavy atom. The van der Waals surface area contributed by atoms with Crippen molar-refractivity contribution in [3.05, 3.63) is 23.4 Å². The Kier molecular flexibility index (Phi) is 4.64. The highest BCUT2D eigenvalue weighted by molar-refractivity contribution is 5.31. The largest absolute Gasteiger partial charge is 0.378 e. The fourth-order valence-electron chi connectivity index (χ4n) is 2.67. The molecule has 0 saturated heterocycles. The van der Waals surface area contributed by atoms with Gasteiger partial charge in [-0.3, -0.25) is 0 Å². The quantitative estimate of drug-likeness (QED) is 0.684. The van der Waals surface area contributed by atoms with Crippen molar-refractivity contribution < 1.29 is 0 Å².